The molecule has 2 N–H and O–H groups in total. The molecular formula is C18H23N5O2. The van der Waals surface area contributed by atoms with Crippen molar-refractivity contribution in [3.8, 4) is 0 Å². The smallest absolute Gasteiger partial charge is 0.254 e. The first-order valence-electron chi connectivity index (χ1n) is 8.48. The number of carbonyl (C=O) groups is 1. The van der Waals surface area contributed by atoms with Crippen LogP contribution in [0.3, 0.4) is 0 Å². The van der Waals surface area contributed by atoms with Crippen LogP contribution in [0, 0.1) is 5.92 Å². The number of pyridine rings is 1. The maximum absolute atomic E-state index is 12.5. The lowest BCUT2D eigenvalue weighted by atomic mass is 9.95. The highest BCUT2D eigenvalue weighted by Gasteiger charge is 2.30. The van der Waals surface area contributed by atoms with Crippen LogP contribution in [0.4, 0.5) is 5.95 Å². The quantitative estimate of drug-likeness (QED) is 0.831. The third-order valence-corrected chi connectivity index (χ3v) is 4.09. The van der Waals surface area contributed by atoms with Crippen molar-refractivity contribution in [1.82, 2.24) is 20.3 Å². The number of ether oxygens (including phenoxy) is 1. The zero-order chi connectivity index (χ0) is 17.6. The molecule has 132 valence electrons. The van der Waals surface area contributed by atoms with Crippen LogP contribution in [0.25, 0.3) is 0 Å². The molecule has 0 aliphatic carbocycles. The van der Waals surface area contributed by atoms with Gasteiger partial charge in [-0.15, -0.1) is 0 Å². The minimum atomic E-state index is -0.175. The fourth-order valence-corrected chi connectivity index (χ4v) is 2.81. The number of nitrogens with one attached hydrogen (secondary N) is 2. The van der Waals surface area contributed by atoms with Crippen LogP contribution in [0.1, 0.15) is 29.8 Å². The van der Waals surface area contributed by atoms with E-state index in [9.17, 15) is 4.79 Å². The van der Waals surface area contributed by atoms with E-state index in [-0.39, 0.29) is 23.9 Å². The zero-order valence-electron chi connectivity index (χ0n) is 14.5. The number of nitrogens with zero attached hydrogens (tertiary/aromatic N) is 3. The summed E-state index contributed by atoms with van der Waals surface area (Å²) in [7, 11) is 0. The van der Waals surface area contributed by atoms with Gasteiger partial charge in [0.05, 0.1) is 24.8 Å². The molecular weight excluding hydrogens is 318 g/mol. The van der Waals surface area contributed by atoms with Gasteiger partial charge in [0.1, 0.15) is 0 Å². The Morgan fingerprint density at radius 3 is 2.64 bits per heavy atom. The van der Waals surface area contributed by atoms with E-state index in [0.717, 1.165) is 6.42 Å². The van der Waals surface area contributed by atoms with Crippen molar-refractivity contribution in [1.29, 1.82) is 0 Å². The lowest BCUT2D eigenvalue weighted by molar-refractivity contribution is 0.0924. The number of rotatable bonds is 6. The number of amides is 1. The van der Waals surface area contributed by atoms with Crippen molar-refractivity contribution in [2.45, 2.75) is 32.4 Å². The molecule has 25 heavy (non-hydrogen) atoms. The summed E-state index contributed by atoms with van der Waals surface area (Å²) in [6, 6.07) is 4.20. The Morgan fingerprint density at radius 2 is 1.96 bits per heavy atom. The molecule has 0 bridgehead atoms. The van der Waals surface area contributed by atoms with Gasteiger partial charge in [0.15, 0.2) is 0 Å². The van der Waals surface area contributed by atoms with Crippen molar-refractivity contribution in [3.63, 3.8) is 0 Å². The number of hydrogen-bond donors (Lipinski definition) is 2. The van der Waals surface area contributed by atoms with Crippen LogP contribution in [0.15, 0.2) is 36.9 Å². The van der Waals surface area contributed by atoms with Crippen molar-refractivity contribution < 1.29 is 9.53 Å². The predicted molar refractivity (Wildman–Crippen MR) is 94.3 cm³/mol. The number of anilines is 1. The number of carbonyl (C=O) groups excluding carboxylic acids is 1. The van der Waals surface area contributed by atoms with Crippen molar-refractivity contribution in [3.05, 3.63) is 48.0 Å². The summed E-state index contributed by atoms with van der Waals surface area (Å²) in [5, 5.41) is 6.15. The Morgan fingerprint density at radius 1 is 1.24 bits per heavy atom. The summed E-state index contributed by atoms with van der Waals surface area (Å²) in [6.07, 6.45) is 7.49. The standard InChI is InChI=1S/C18H23N5O2/c1-12(2)22-18-20-8-15(9-21-18)17(24)23-16-11-25-10-14(16)7-13-3-5-19-6-4-13/h3-6,8-9,12,14,16H,7,10-11H2,1-2H3,(H,23,24)(H,20,21,22)/t14-,16-/m1/s1. The second-order valence-electron chi connectivity index (χ2n) is 6.53. The number of aromatic nitrogens is 3. The molecule has 2 aromatic heterocycles. The van der Waals surface area contributed by atoms with Gasteiger partial charge in [-0.3, -0.25) is 9.78 Å². The molecule has 0 aromatic carbocycles. The molecule has 0 saturated carbocycles. The summed E-state index contributed by atoms with van der Waals surface area (Å²) in [6.45, 7) is 5.18. The Labute approximate surface area is 147 Å². The molecule has 1 fully saturated rings. The zero-order valence-corrected chi connectivity index (χ0v) is 14.5. The molecule has 0 spiro atoms. The minimum absolute atomic E-state index is 0.0193. The van der Waals surface area contributed by atoms with Gasteiger partial charge in [-0.2, -0.15) is 0 Å². The second-order valence-corrected chi connectivity index (χ2v) is 6.53. The normalized spacial score (nSPS) is 19.8. The topological polar surface area (TPSA) is 89.0 Å². The van der Waals surface area contributed by atoms with Crippen LogP contribution in [-0.2, 0) is 11.2 Å². The van der Waals surface area contributed by atoms with E-state index < -0.39 is 0 Å². The largest absolute Gasteiger partial charge is 0.379 e. The van der Waals surface area contributed by atoms with E-state index in [1.54, 1.807) is 24.8 Å². The minimum Gasteiger partial charge on any atom is -0.379 e. The average Bonchev–Trinajstić information content (AvgIpc) is 3.02. The van der Waals surface area contributed by atoms with E-state index in [1.165, 1.54) is 5.56 Å². The van der Waals surface area contributed by atoms with E-state index >= 15 is 0 Å². The lowest BCUT2D eigenvalue weighted by Gasteiger charge is -2.19. The Bertz CT molecular complexity index is 690. The summed E-state index contributed by atoms with van der Waals surface area (Å²) in [5.74, 6) is 0.590. The summed E-state index contributed by atoms with van der Waals surface area (Å²) in [4.78, 5) is 24.8. The lowest BCUT2D eigenvalue weighted by Crippen LogP contribution is -2.40. The van der Waals surface area contributed by atoms with Crippen LogP contribution in [0.5, 0.6) is 0 Å². The first kappa shape index (κ1) is 17.3. The molecule has 1 aliphatic rings. The Hall–Kier alpha value is -2.54. The molecule has 3 rings (SSSR count). The molecule has 2 aromatic rings. The molecule has 2 atom stereocenters. The van der Waals surface area contributed by atoms with Gasteiger partial charge in [0.25, 0.3) is 5.91 Å². The predicted octanol–water partition coefficient (Wildman–Crippen LogP) is 1.68. The molecule has 1 saturated heterocycles. The molecule has 1 aliphatic heterocycles. The van der Waals surface area contributed by atoms with Crippen LogP contribution in [-0.4, -0.2) is 46.2 Å². The molecule has 3 heterocycles. The van der Waals surface area contributed by atoms with Gasteiger partial charge in [0, 0.05) is 36.7 Å². The molecule has 0 radical (unpaired) electrons. The highest BCUT2D eigenvalue weighted by molar-refractivity contribution is 5.93. The third-order valence-electron chi connectivity index (χ3n) is 4.09. The van der Waals surface area contributed by atoms with Gasteiger partial charge in [-0.05, 0) is 38.0 Å². The van der Waals surface area contributed by atoms with Crippen LogP contribution < -0.4 is 10.6 Å². The van der Waals surface area contributed by atoms with Gasteiger partial charge in [0.2, 0.25) is 5.95 Å². The first-order chi connectivity index (χ1) is 12.1. The Kier molecular flexibility index (Phi) is 5.55. The maximum Gasteiger partial charge on any atom is 0.254 e. The third kappa shape index (κ3) is 4.73. The molecule has 0 unspecified atom stereocenters. The maximum atomic E-state index is 12.5. The van der Waals surface area contributed by atoms with Gasteiger partial charge in [-0.25, -0.2) is 9.97 Å². The monoisotopic (exact) mass is 341 g/mol. The average molecular weight is 341 g/mol. The van der Waals surface area contributed by atoms with Crippen molar-refractivity contribution >= 4 is 11.9 Å². The van der Waals surface area contributed by atoms with Crippen molar-refractivity contribution in [2.24, 2.45) is 5.92 Å². The van der Waals surface area contributed by atoms with E-state index in [4.69, 9.17) is 4.74 Å². The van der Waals surface area contributed by atoms with E-state index in [2.05, 4.69) is 25.6 Å². The first-order valence-corrected chi connectivity index (χ1v) is 8.48. The fraction of sp³-hybridized carbons (Fsp3) is 0.444. The van der Waals surface area contributed by atoms with Crippen LogP contribution >= 0.6 is 0 Å². The van der Waals surface area contributed by atoms with E-state index in [1.807, 2.05) is 26.0 Å². The SMILES string of the molecule is CC(C)Nc1ncc(C(=O)N[C@@H]2COC[C@H]2Cc2ccncc2)cn1. The van der Waals surface area contributed by atoms with E-state index in [0.29, 0.717) is 24.7 Å². The van der Waals surface area contributed by atoms with Crippen molar-refractivity contribution in [2.75, 3.05) is 18.5 Å². The van der Waals surface area contributed by atoms with Gasteiger partial charge >= 0.3 is 0 Å². The van der Waals surface area contributed by atoms with Gasteiger partial charge < -0.3 is 15.4 Å². The molecule has 1 amide bonds. The van der Waals surface area contributed by atoms with Crippen LogP contribution in [0.2, 0.25) is 0 Å². The summed E-state index contributed by atoms with van der Waals surface area (Å²) < 4.78 is 5.57. The summed E-state index contributed by atoms with van der Waals surface area (Å²) >= 11 is 0. The second kappa shape index (κ2) is 8.02. The van der Waals surface area contributed by atoms with Gasteiger partial charge in [-0.1, -0.05) is 0 Å². The number of hydrogen-bond acceptors (Lipinski definition) is 6. The summed E-state index contributed by atoms with van der Waals surface area (Å²) in [5.41, 5.74) is 1.64. The molecule has 7 heteroatoms. The highest BCUT2D eigenvalue weighted by Crippen LogP contribution is 2.19. The highest BCUT2D eigenvalue weighted by atomic mass is 16.5. The fourth-order valence-electron chi connectivity index (χ4n) is 2.81. The Balaban J connectivity index is 1.59. The molecule has 7 nitrogen and oxygen atoms in total.